The zero-order valence-corrected chi connectivity index (χ0v) is 13.3. The van der Waals surface area contributed by atoms with Gasteiger partial charge in [-0.15, -0.1) is 0 Å². The molecule has 0 fully saturated rings. The highest BCUT2D eigenvalue weighted by atomic mass is 19.1. The molecule has 1 N–H and O–H groups in total. The number of nitrogens with one attached hydrogen (secondary N) is 1. The Bertz CT molecular complexity index is 744. The molecule has 0 bridgehead atoms. The Morgan fingerprint density at radius 3 is 2.46 bits per heavy atom. The SMILES string of the molecule is Cc1ccc(C(C)NC(=O)COC(=O)c2cc(F)ccc2F)cc1. The van der Waals surface area contributed by atoms with E-state index in [1.165, 1.54) is 0 Å². The van der Waals surface area contributed by atoms with Crippen LogP contribution >= 0.6 is 0 Å². The predicted octanol–water partition coefficient (Wildman–Crippen LogP) is 3.31. The highest BCUT2D eigenvalue weighted by Crippen LogP contribution is 2.13. The minimum absolute atomic E-state index is 0.275. The molecule has 6 heteroatoms. The fraction of sp³-hybridized carbons (Fsp3) is 0.222. The van der Waals surface area contributed by atoms with E-state index in [2.05, 4.69) is 5.32 Å². The molecule has 126 valence electrons. The fourth-order valence-electron chi connectivity index (χ4n) is 2.08. The van der Waals surface area contributed by atoms with E-state index in [4.69, 9.17) is 4.74 Å². The third-order valence-corrected chi connectivity index (χ3v) is 3.44. The Labute approximate surface area is 138 Å². The average molecular weight is 333 g/mol. The van der Waals surface area contributed by atoms with Crippen LogP contribution in [0.15, 0.2) is 42.5 Å². The number of carbonyl (C=O) groups excluding carboxylic acids is 2. The lowest BCUT2D eigenvalue weighted by atomic mass is 10.1. The van der Waals surface area contributed by atoms with Gasteiger partial charge in [-0.2, -0.15) is 0 Å². The number of esters is 1. The first-order valence-electron chi connectivity index (χ1n) is 7.35. The monoisotopic (exact) mass is 333 g/mol. The van der Waals surface area contributed by atoms with Gasteiger partial charge >= 0.3 is 5.97 Å². The maximum Gasteiger partial charge on any atom is 0.341 e. The molecular weight excluding hydrogens is 316 g/mol. The van der Waals surface area contributed by atoms with E-state index >= 15 is 0 Å². The first-order valence-corrected chi connectivity index (χ1v) is 7.35. The topological polar surface area (TPSA) is 55.4 Å². The van der Waals surface area contributed by atoms with Crippen LogP contribution in [-0.4, -0.2) is 18.5 Å². The first kappa shape index (κ1) is 17.6. The summed E-state index contributed by atoms with van der Waals surface area (Å²) in [7, 11) is 0. The molecule has 2 aromatic carbocycles. The number of amides is 1. The van der Waals surface area contributed by atoms with Crippen molar-refractivity contribution in [2.75, 3.05) is 6.61 Å². The molecule has 4 nitrogen and oxygen atoms in total. The van der Waals surface area contributed by atoms with Crippen LogP contribution < -0.4 is 5.32 Å². The molecule has 2 rings (SSSR count). The first-order chi connectivity index (χ1) is 11.4. The van der Waals surface area contributed by atoms with Crippen molar-refractivity contribution in [2.45, 2.75) is 19.9 Å². The van der Waals surface area contributed by atoms with Crippen molar-refractivity contribution in [3.8, 4) is 0 Å². The lowest BCUT2D eigenvalue weighted by Gasteiger charge is -2.14. The van der Waals surface area contributed by atoms with Crippen molar-refractivity contribution in [1.82, 2.24) is 5.32 Å². The van der Waals surface area contributed by atoms with Gasteiger partial charge in [0.15, 0.2) is 6.61 Å². The van der Waals surface area contributed by atoms with Crippen molar-refractivity contribution in [3.05, 3.63) is 70.8 Å². The molecule has 1 amide bonds. The Morgan fingerprint density at radius 2 is 1.79 bits per heavy atom. The molecule has 24 heavy (non-hydrogen) atoms. The van der Waals surface area contributed by atoms with Crippen LogP contribution in [0.1, 0.15) is 34.5 Å². The van der Waals surface area contributed by atoms with Crippen molar-refractivity contribution in [2.24, 2.45) is 0 Å². The van der Waals surface area contributed by atoms with Crippen molar-refractivity contribution in [3.63, 3.8) is 0 Å². The number of rotatable bonds is 5. The van der Waals surface area contributed by atoms with Gasteiger partial charge in [-0.1, -0.05) is 29.8 Å². The number of benzene rings is 2. The molecule has 0 spiro atoms. The number of aryl methyl sites for hydroxylation is 1. The predicted molar refractivity (Wildman–Crippen MR) is 84.4 cm³/mol. The second-order valence-electron chi connectivity index (χ2n) is 5.40. The maximum absolute atomic E-state index is 13.4. The number of hydrogen-bond acceptors (Lipinski definition) is 3. The van der Waals surface area contributed by atoms with Crippen LogP contribution in [0.5, 0.6) is 0 Å². The van der Waals surface area contributed by atoms with Gasteiger partial charge in [-0.25, -0.2) is 13.6 Å². The summed E-state index contributed by atoms with van der Waals surface area (Å²) in [6.07, 6.45) is 0. The zero-order valence-electron chi connectivity index (χ0n) is 13.3. The van der Waals surface area contributed by atoms with Crippen LogP contribution in [-0.2, 0) is 9.53 Å². The number of carbonyl (C=O) groups is 2. The van der Waals surface area contributed by atoms with Gasteiger partial charge in [-0.3, -0.25) is 4.79 Å². The molecule has 0 aromatic heterocycles. The Kier molecular flexibility index (Phi) is 5.63. The minimum atomic E-state index is -1.09. The third-order valence-electron chi connectivity index (χ3n) is 3.44. The van der Waals surface area contributed by atoms with Gasteiger partial charge in [0.05, 0.1) is 11.6 Å². The van der Waals surface area contributed by atoms with Crippen molar-refractivity contribution < 1.29 is 23.1 Å². The van der Waals surface area contributed by atoms with Crippen LogP contribution in [0.3, 0.4) is 0 Å². The summed E-state index contributed by atoms with van der Waals surface area (Å²) in [5.74, 6) is -3.30. The zero-order chi connectivity index (χ0) is 17.7. The van der Waals surface area contributed by atoms with E-state index in [-0.39, 0.29) is 6.04 Å². The smallest absolute Gasteiger partial charge is 0.341 e. The summed E-state index contributed by atoms with van der Waals surface area (Å²) in [6.45, 7) is 3.17. The lowest BCUT2D eigenvalue weighted by molar-refractivity contribution is -0.124. The second kappa shape index (κ2) is 7.68. The van der Waals surface area contributed by atoms with Crippen LogP contribution in [0.2, 0.25) is 0 Å². The van der Waals surface area contributed by atoms with Gasteiger partial charge in [0.2, 0.25) is 0 Å². The molecule has 0 saturated heterocycles. The molecule has 2 aromatic rings. The quantitative estimate of drug-likeness (QED) is 0.854. The standard InChI is InChI=1S/C18H17F2NO3/c1-11-3-5-13(6-4-11)12(2)21-17(22)10-24-18(23)15-9-14(19)7-8-16(15)20/h3-9,12H,10H2,1-2H3,(H,21,22). The summed E-state index contributed by atoms with van der Waals surface area (Å²) in [5, 5.41) is 2.66. The fourth-order valence-corrected chi connectivity index (χ4v) is 2.08. The summed E-state index contributed by atoms with van der Waals surface area (Å²) >= 11 is 0. The molecule has 0 radical (unpaired) electrons. The molecule has 1 atom stereocenters. The maximum atomic E-state index is 13.4. The largest absolute Gasteiger partial charge is 0.452 e. The van der Waals surface area contributed by atoms with Crippen LogP contribution in [0.4, 0.5) is 8.78 Å². The lowest BCUT2D eigenvalue weighted by Crippen LogP contribution is -2.31. The highest BCUT2D eigenvalue weighted by molar-refractivity contribution is 5.91. The Hall–Kier alpha value is -2.76. The molecular formula is C18H17F2NO3. The van der Waals surface area contributed by atoms with E-state index in [1.54, 1.807) is 6.92 Å². The average Bonchev–Trinajstić information content (AvgIpc) is 2.55. The number of hydrogen-bond donors (Lipinski definition) is 1. The van der Waals surface area contributed by atoms with Gasteiger partial charge in [0.25, 0.3) is 5.91 Å². The summed E-state index contributed by atoms with van der Waals surface area (Å²) in [4.78, 5) is 23.5. The van der Waals surface area contributed by atoms with Gasteiger partial charge in [0.1, 0.15) is 11.6 Å². The molecule has 0 saturated carbocycles. The normalized spacial score (nSPS) is 11.7. The van der Waals surface area contributed by atoms with Crippen LogP contribution in [0.25, 0.3) is 0 Å². The van der Waals surface area contributed by atoms with E-state index in [1.807, 2.05) is 31.2 Å². The number of ether oxygens (including phenoxy) is 1. The van der Waals surface area contributed by atoms with Gasteiger partial charge < -0.3 is 10.1 Å². The number of halogens is 2. The van der Waals surface area contributed by atoms with Crippen molar-refractivity contribution >= 4 is 11.9 Å². The Morgan fingerprint density at radius 1 is 1.12 bits per heavy atom. The summed E-state index contributed by atoms with van der Waals surface area (Å²) in [6, 6.07) is 9.78. The second-order valence-corrected chi connectivity index (χ2v) is 5.40. The van der Waals surface area contributed by atoms with E-state index in [0.29, 0.717) is 0 Å². The minimum Gasteiger partial charge on any atom is -0.452 e. The Balaban J connectivity index is 1.89. The molecule has 0 heterocycles. The molecule has 1 unspecified atom stereocenters. The van der Waals surface area contributed by atoms with Gasteiger partial charge in [-0.05, 0) is 37.6 Å². The molecule has 0 aliphatic heterocycles. The third kappa shape index (κ3) is 4.62. The van der Waals surface area contributed by atoms with E-state index < -0.39 is 35.7 Å². The highest BCUT2D eigenvalue weighted by Gasteiger charge is 2.17. The van der Waals surface area contributed by atoms with E-state index in [0.717, 1.165) is 29.3 Å². The van der Waals surface area contributed by atoms with Gasteiger partial charge in [0, 0.05) is 0 Å². The van der Waals surface area contributed by atoms with Crippen molar-refractivity contribution in [1.29, 1.82) is 0 Å². The van der Waals surface area contributed by atoms with Crippen LogP contribution in [0, 0.1) is 18.6 Å². The van der Waals surface area contributed by atoms with E-state index in [9.17, 15) is 18.4 Å². The summed E-state index contributed by atoms with van der Waals surface area (Å²) < 4.78 is 31.2. The molecule has 0 aliphatic rings. The summed E-state index contributed by atoms with van der Waals surface area (Å²) in [5.41, 5.74) is 1.45. The molecule has 0 aliphatic carbocycles.